The van der Waals surface area contributed by atoms with Crippen LogP contribution in [0.2, 0.25) is 0 Å². The summed E-state index contributed by atoms with van der Waals surface area (Å²) in [4.78, 5) is 0. The molecule has 5 heteroatoms. The molecule has 102 valence electrons. The highest BCUT2D eigenvalue weighted by molar-refractivity contribution is 7.89. The van der Waals surface area contributed by atoms with E-state index in [0.29, 0.717) is 18.3 Å². The quantitative estimate of drug-likeness (QED) is 0.790. The summed E-state index contributed by atoms with van der Waals surface area (Å²) in [6.07, 6.45) is 3.56. The van der Waals surface area contributed by atoms with E-state index in [1.54, 1.807) is 4.31 Å². The molecule has 1 N–H and O–H groups in total. The van der Waals surface area contributed by atoms with Crippen LogP contribution in [0.5, 0.6) is 0 Å². The molecule has 2 atom stereocenters. The lowest BCUT2D eigenvalue weighted by atomic mass is 10.1. The minimum absolute atomic E-state index is 0.139. The van der Waals surface area contributed by atoms with Crippen LogP contribution in [0.4, 0.5) is 0 Å². The van der Waals surface area contributed by atoms with Crippen LogP contribution in [-0.4, -0.2) is 43.6 Å². The van der Waals surface area contributed by atoms with Crippen LogP contribution in [0.25, 0.3) is 0 Å². The molecule has 0 bridgehead atoms. The van der Waals surface area contributed by atoms with Crippen molar-refractivity contribution in [2.24, 2.45) is 0 Å². The van der Waals surface area contributed by atoms with Crippen LogP contribution in [0.1, 0.15) is 46.5 Å². The Hall–Kier alpha value is -0.130. The van der Waals surface area contributed by atoms with Gasteiger partial charge in [0.2, 0.25) is 10.0 Å². The number of nitrogens with zero attached hydrogens (tertiary/aromatic N) is 1. The van der Waals surface area contributed by atoms with Crippen molar-refractivity contribution in [3.05, 3.63) is 0 Å². The summed E-state index contributed by atoms with van der Waals surface area (Å²) in [5.74, 6) is 0.302. The molecule has 0 saturated carbocycles. The van der Waals surface area contributed by atoms with E-state index in [9.17, 15) is 8.42 Å². The van der Waals surface area contributed by atoms with Crippen molar-refractivity contribution in [2.45, 2.75) is 58.5 Å². The Bertz CT molecular complexity index is 316. The first-order valence-corrected chi connectivity index (χ1v) is 8.38. The second-order valence-corrected chi connectivity index (χ2v) is 6.86. The van der Waals surface area contributed by atoms with Gasteiger partial charge in [-0.25, -0.2) is 8.42 Å². The third-order valence-corrected chi connectivity index (χ3v) is 5.49. The summed E-state index contributed by atoms with van der Waals surface area (Å²) in [6, 6.07) is 0.453. The van der Waals surface area contributed by atoms with Gasteiger partial charge in [0.1, 0.15) is 0 Å². The predicted octanol–water partition coefficient (Wildman–Crippen LogP) is 1.58. The van der Waals surface area contributed by atoms with Gasteiger partial charge in [0.25, 0.3) is 0 Å². The number of sulfonamides is 1. The first-order chi connectivity index (χ1) is 8.05. The fourth-order valence-corrected chi connectivity index (χ4v) is 4.21. The molecule has 1 heterocycles. The predicted molar refractivity (Wildman–Crippen MR) is 71.6 cm³/mol. The molecule has 1 rings (SSSR count). The Labute approximate surface area is 106 Å². The molecule has 0 spiro atoms. The van der Waals surface area contributed by atoms with Crippen molar-refractivity contribution in [2.75, 3.05) is 18.8 Å². The maximum atomic E-state index is 12.3. The van der Waals surface area contributed by atoms with Crippen molar-refractivity contribution < 1.29 is 8.42 Å². The zero-order valence-electron chi connectivity index (χ0n) is 11.3. The Morgan fingerprint density at radius 1 is 1.24 bits per heavy atom. The third kappa shape index (κ3) is 3.93. The van der Waals surface area contributed by atoms with E-state index < -0.39 is 10.0 Å². The van der Waals surface area contributed by atoms with Crippen LogP contribution in [0, 0.1) is 0 Å². The maximum Gasteiger partial charge on any atom is 0.214 e. The first kappa shape index (κ1) is 14.9. The average Bonchev–Trinajstić information content (AvgIpc) is 2.35. The van der Waals surface area contributed by atoms with Crippen molar-refractivity contribution in [3.8, 4) is 0 Å². The van der Waals surface area contributed by atoms with E-state index >= 15 is 0 Å². The lowest BCUT2D eigenvalue weighted by molar-refractivity contribution is 0.215. The number of nitrogens with one attached hydrogen (secondary N) is 1. The molecular formula is C12H26N2O2S. The first-order valence-electron chi connectivity index (χ1n) is 6.78. The second-order valence-electron chi connectivity index (χ2n) is 4.81. The number of piperazine rings is 1. The maximum absolute atomic E-state index is 12.3. The lowest BCUT2D eigenvalue weighted by Crippen LogP contribution is -2.58. The topological polar surface area (TPSA) is 49.4 Å². The van der Waals surface area contributed by atoms with Crippen LogP contribution in [0.15, 0.2) is 0 Å². The molecule has 0 radical (unpaired) electrons. The van der Waals surface area contributed by atoms with Gasteiger partial charge in [-0.05, 0) is 19.3 Å². The van der Waals surface area contributed by atoms with E-state index in [1.165, 1.54) is 0 Å². The number of hydrogen-bond acceptors (Lipinski definition) is 3. The minimum Gasteiger partial charge on any atom is -0.311 e. The van der Waals surface area contributed by atoms with Crippen molar-refractivity contribution in [1.82, 2.24) is 9.62 Å². The van der Waals surface area contributed by atoms with Gasteiger partial charge in [0.05, 0.1) is 5.75 Å². The molecule has 0 aliphatic carbocycles. The van der Waals surface area contributed by atoms with Gasteiger partial charge in [-0.15, -0.1) is 0 Å². The molecule has 1 fully saturated rings. The normalized spacial score (nSPS) is 27.2. The highest BCUT2D eigenvalue weighted by atomic mass is 32.2. The fraction of sp³-hybridized carbons (Fsp3) is 1.00. The Balaban J connectivity index is 2.74. The van der Waals surface area contributed by atoms with E-state index in [0.717, 1.165) is 32.2 Å². The van der Waals surface area contributed by atoms with Gasteiger partial charge >= 0.3 is 0 Å². The molecule has 4 nitrogen and oxygen atoms in total. The van der Waals surface area contributed by atoms with Crippen LogP contribution >= 0.6 is 0 Å². The molecule has 0 aromatic heterocycles. The molecule has 2 unspecified atom stereocenters. The minimum atomic E-state index is -3.06. The standard InChI is InChI=1S/C12H26N2O2S/c1-4-7-8-17(15,16)14-10-11(5-2)13-9-12(14)6-3/h11-13H,4-10H2,1-3H3. The Kier molecular flexibility index (Phi) is 5.89. The highest BCUT2D eigenvalue weighted by Crippen LogP contribution is 2.17. The molecule has 1 aliphatic heterocycles. The average molecular weight is 262 g/mol. The SMILES string of the molecule is CCCCS(=O)(=O)N1CC(CC)NCC1CC. The lowest BCUT2D eigenvalue weighted by Gasteiger charge is -2.38. The van der Waals surface area contributed by atoms with Gasteiger partial charge < -0.3 is 5.32 Å². The monoisotopic (exact) mass is 262 g/mol. The number of rotatable bonds is 6. The zero-order chi connectivity index (χ0) is 12.9. The largest absolute Gasteiger partial charge is 0.311 e. The van der Waals surface area contributed by atoms with E-state index in [4.69, 9.17) is 0 Å². The summed E-state index contributed by atoms with van der Waals surface area (Å²) < 4.78 is 26.3. The van der Waals surface area contributed by atoms with E-state index in [2.05, 4.69) is 19.2 Å². The van der Waals surface area contributed by atoms with Crippen molar-refractivity contribution in [1.29, 1.82) is 0 Å². The summed E-state index contributed by atoms with van der Waals surface area (Å²) in [5, 5.41) is 3.42. The van der Waals surface area contributed by atoms with Crippen molar-refractivity contribution >= 4 is 10.0 Å². The summed E-state index contributed by atoms with van der Waals surface area (Å²) in [7, 11) is -3.06. The molecule has 1 aliphatic rings. The zero-order valence-corrected chi connectivity index (χ0v) is 12.1. The van der Waals surface area contributed by atoms with Gasteiger partial charge in [0.15, 0.2) is 0 Å². The van der Waals surface area contributed by atoms with Crippen LogP contribution in [-0.2, 0) is 10.0 Å². The molecule has 0 amide bonds. The smallest absolute Gasteiger partial charge is 0.214 e. The molecular weight excluding hydrogens is 236 g/mol. The van der Waals surface area contributed by atoms with Crippen LogP contribution < -0.4 is 5.32 Å². The van der Waals surface area contributed by atoms with Gasteiger partial charge in [0, 0.05) is 25.2 Å². The number of unbranched alkanes of at least 4 members (excludes halogenated alkanes) is 1. The molecule has 1 saturated heterocycles. The van der Waals surface area contributed by atoms with Gasteiger partial charge in [-0.2, -0.15) is 4.31 Å². The van der Waals surface area contributed by atoms with Gasteiger partial charge in [-0.1, -0.05) is 27.2 Å². The van der Waals surface area contributed by atoms with E-state index in [1.807, 2.05) is 6.92 Å². The Morgan fingerprint density at radius 3 is 2.47 bits per heavy atom. The molecule has 17 heavy (non-hydrogen) atoms. The van der Waals surface area contributed by atoms with Crippen LogP contribution in [0.3, 0.4) is 0 Å². The Morgan fingerprint density at radius 2 is 1.94 bits per heavy atom. The summed E-state index contributed by atoms with van der Waals surface area (Å²) in [5.41, 5.74) is 0. The van der Waals surface area contributed by atoms with Crippen molar-refractivity contribution in [3.63, 3.8) is 0 Å². The fourth-order valence-electron chi connectivity index (χ4n) is 2.24. The molecule has 0 aromatic carbocycles. The third-order valence-electron chi connectivity index (χ3n) is 3.53. The number of hydrogen-bond donors (Lipinski definition) is 1. The summed E-state index contributed by atoms with van der Waals surface area (Å²) >= 11 is 0. The summed E-state index contributed by atoms with van der Waals surface area (Å²) in [6.45, 7) is 7.61. The van der Waals surface area contributed by atoms with E-state index in [-0.39, 0.29) is 6.04 Å². The second kappa shape index (κ2) is 6.71. The van der Waals surface area contributed by atoms with Gasteiger partial charge in [-0.3, -0.25) is 0 Å². The molecule has 0 aromatic rings. The highest BCUT2D eigenvalue weighted by Gasteiger charge is 2.33.